The number of amides is 1. The molecule has 124 valence electrons. The summed E-state index contributed by atoms with van der Waals surface area (Å²) in [5.41, 5.74) is 1.27. The second-order valence-corrected chi connectivity index (χ2v) is 5.94. The molecule has 0 radical (unpaired) electrons. The van der Waals surface area contributed by atoms with Crippen molar-refractivity contribution in [1.29, 1.82) is 0 Å². The van der Waals surface area contributed by atoms with Gasteiger partial charge in [-0.05, 0) is 43.5 Å². The van der Waals surface area contributed by atoms with E-state index in [0.29, 0.717) is 22.7 Å². The van der Waals surface area contributed by atoms with E-state index in [-0.39, 0.29) is 12.7 Å². The van der Waals surface area contributed by atoms with Crippen LogP contribution in [0.2, 0.25) is 0 Å². The topological polar surface area (TPSA) is 63.7 Å². The lowest BCUT2D eigenvalue weighted by molar-refractivity contribution is 0.102. The minimum Gasteiger partial charge on any atom is -0.454 e. The van der Waals surface area contributed by atoms with E-state index < -0.39 is 0 Å². The van der Waals surface area contributed by atoms with Crippen molar-refractivity contribution >= 4 is 17.4 Å². The molecule has 1 saturated heterocycles. The zero-order valence-corrected chi connectivity index (χ0v) is 13.3. The van der Waals surface area contributed by atoms with Crippen molar-refractivity contribution in [3.8, 4) is 11.5 Å². The Labute approximate surface area is 140 Å². The first-order chi connectivity index (χ1) is 11.8. The molecule has 1 amide bonds. The van der Waals surface area contributed by atoms with Crippen LogP contribution in [0.25, 0.3) is 0 Å². The predicted molar refractivity (Wildman–Crippen MR) is 90.8 cm³/mol. The van der Waals surface area contributed by atoms with Crippen molar-refractivity contribution in [3.05, 3.63) is 42.1 Å². The summed E-state index contributed by atoms with van der Waals surface area (Å²) in [4.78, 5) is 19.4. The number of hydrogen-bond acceptors (Lipinski definition) is 5. The highest BCUT2D eigenvalue weighted by Gasteiger charge is 2.20. The van der Waals surface area contributed by atoms with Gasteiger partial charge in [0.15, 0.2) is 11.5 Å². The zero-order valence-electron chi connectivity index (χ0n) is 13.3. The van der Waals surface area contributed by atoms with Crippen LogP contribution in [0.1, 0.15) is 29.6 Å². The predicted octanol–water partition coefficient (Wildman–Crippen LogP) is 3.05. The van der Waals surface area contributed by atoms with Gasteiger partial charge in [-0.2, -0.15) is 0 Å². The molecular weight excluding hydrogens is 306 g/mol. The van der Waals surface area contributed by atoms with Gasteiger partial charge in [0.2, 0.25) is 6.79 Å². The molecule has 24 heavy (non-hydrogen) atoms. The second kappa shape index (κ2) is 6.39. The van der Waals surface area contributed by atoms with Gasteiger partial charge in [-0.1, -0.05) is 0 Å². The molecule has 4 rings (SSSR count). The molecule has 0 aliphatic carbocycles. The van der Waals surface area contributed by atoms with Crippen molar-refractivity contribution in [2.45, 2.75) is 19.3 Å². The number of pyridine rings is 1. The number of ether oxygens (including phenoxy) is 2. The Morgan fingerprint density at radius 1 is 1.08 bits per heavy atom. The molecule has 1 fully saturated rings. The van der Waals surface area contributed by atoms with E-state index in [2.05, 4.69) is 15.2 Å². The molecule has 2 aromatic rings. The Hall–Kier alpha value is -2.76. The summed E-state index contributed by atoms with van der Waals surface area (Å²) in [7, 11) is 0. The van der Waals surface area contributed by atoms with Gasteiger partial charge in [0.05, 0.1) is 5.56 Å². The molecule has 6 heteroatoms. The first-order valence-electron chi connectivity index (χ1n) is 8.22. The standard InChI is InChI=1S/C18H19N3O3/c22-18(20-13-6-7-15-16(11-13)24-12-23-15)14-5-4-8-19-17(14)21-9-2-1-3-10-21/h4-8,11H,1-3,9-10,12H2,(H,20,22). The van der Waals surface area contributed by atoms with E-state index in [1.54, 1.807) is 24.4 Å². The molecule has 1 aromatic heterocycles. The molecule has 0 atom stereocenters. The van der Waals surface area contributed by atoms with Crippen molar-refractivity contribution in [1.82, 2.24) is 4.98 Å². The van der Waals surface area contributed by atoms with E-state index in [4.69, 9.17) is 9.47 Å². The number of piperidine rings is 1. The summed E-state index contributed by atoms with van der Waals surface area (Å²) in [5.74, 6) is 1.94. The van der Waals surface area contributed by atoms with Crippen LogP contribution in [0.4, 0.5) is 11.5 Å². The number of rotatable bonds is 3. The van der Waals surface area contributed by atoms with Gasteiger partial charge in [0.25, 0.3) is 5.91 Å². The molecule has 0 spiro atoms. The van der Waals surface area contributed by atoms with Crippen molar-refractivity contribution < 1.29 is 14.3 Å². The van der Waals surface area contributed by atoms with Gasteiger partial charge < -0.3 is 19.7 Å². The molecule has 2 aliphatic heterocycles. The number of anilines is 2. The molecule has 0 bridgehead atoms. The number of fused-ring (bicyclic) bond motifs is 1. The smallest absolute Gasteiger partial charge is 0.259 e. The Balaban J connectivity index is 1.56. The number of hydrogen-bond donors (Lipinski definition) is 1. The number of carbonyl (C=O) groups excluding carboxylic acids is 1. The molecule has 3 heterocycles. The van der Waals surface area contributed by atoms with Gasteiger partial charge in [0, 0.05) is 31.0 Å². The monoisotopic (exact) mass is 325 g/mol. The lowest BCUT2D eigenvalue weighted by Gasteiger charge is -2.29. The van der Waals surface area contributed by atoms with E-state index >= 15 is 0 Å². The minimum atomic E-state index is -0.164. The molecule has 0 unspecified atom stereocenters. The van der Waals surface area contributed by atoms with Crippen LogP contribution in [0.15, 0.2) is 36.5 Å². The number of aromatic nitrogens is 1. The number of carbonyl (C=O) groups is 1. The molecule has 1 N–H and O–H groups in total. The van der Waals surface area contributed by atoms with Crippen LogP contribution < -0.4 is 19.7 Å². The fourth-order valence-corrected chi connectivity index (χ4v) is 3.10. The Kier molecular flexibility index (Phi) is 3.94. The van der Waals surface area contributed by atoms with Gasteiger partial charge in [-0.25, -0.2) is 4.98 Å². The molecule has 2 aliphatic rings. The first kappa shape index (κ1) is 14.8. The van der Waals surface area contributed by atoms with E-state index in [9.17, 15) is 4.79 Å². The summed E-state index contributed by atoms with van der Waals surface area (Å²) in [6, 6.07) is 8.99. The normalized spacial score (nSPS) is 16.1. The van der Waals surface area contributed by atoms with Crippen LogP contribution in [0.3, 0.4) is 0 Å². The van der Waals surface area contributed by atoms with E-state index in [1.807, 2.05) is 12.1 Å². The average Bonchev–Trinajstić information content (AvgIpc) is 3.10. The van der Waals surface area contributed by atoms with Crippen molar-refractivity contribution in [2.24, 2.45) is 0 Å². The third-order valence-corrected chi connectivity index (χ3v) is 4.32. The molecule has 1 aromatic carbocycles. The zero-order chi connectivity index (χ0) is 16.4. The number of benzene rings is 1. The lowest BCUT2D eigenvalue weighted by Crippen LogP contribution is -2.32. The summed E-state index contributed by atoms with van der Waals surface area (Å²) < 4.78 is 10.6. The third-order valence-electron chi connectivity index (χ3n) is 4.32. The lowest BCUT2D eigenvalue weighted by atomic mass is 10.1. The average molecular weight is 325 g/mol. The van der Waals surface area contributed by atoms with E-state index in [1.165, 1.54) is 6.42 Å². The third kappa shape index (κ3) is 2.87. The van der Waals surface area contributed by atoms with Crippen LogP contribution in [0.5, 0.6) is 11.5 Å². The largest absolute Gasteiger partial charge is 0.454 e. The summed E-state index contributed by atoms with van der Waals surface area (Å²) >= 11 is 0. The summed E-state index contributed by atoms with van der Waals surface area (Å²) in [5, 5.41) is 2.93. The first-order valence-corrected chi connectivity index (χ1v) is 8.22. The highest BCUT2D eigenvalue weighted by atomic mass is 16.7. The Morgan fingerprint density at radius 2 is 1.92 bits per heavy atom. The maximum atomic E-state index is 12.7. The van der Waals surface area contributed by atoms with Crippen LogP contribution in [0, 0.1) is 0 Å². The molecule has 6 nitrogen and oxygen atoms in total. The van der Waals surface area contributed by atoms with Crippen LogP contribution in [-0.2, 0) is 0 Å². The summed E-state index contributed by atoms with van der Waals surface area (Å²) in [6.45, 7) is 2.11. The van der Waals surface area contributed by atoms with Gasteiger partial charge >= 0.3 is 0 Å². The van der Waals surface area contributed by atoms with Crippen LogP contribution in [-0.4, -0.2) is 30.8 Å². The Morgan fingerprint density at radius 3 is 2.79 bits per heavy atom. The second-order valence-electron chi connectivity index (χ2n) is 5.94. The van der Waals surface area contributed by atoms with Gasteiger partial charge in [0.1, 0.15) is 5.82 Å². The van der Waals surface area contributed by atoms with E-state index in [0.717, 1.165) is 31.7 Å². The van der Waals surface area contributed by atoms with Crippen LogP contribution >= 0.6 is 0 Å². The quantitative estimate of drug-likeness (QED) is 0.939. The van der Waals surface area contributed by atoms with Gasteiger partial charge in [-0.3, -0.25) is 4.79 Å². The van der Waals surface area contributed by atoms with Crippen molar-refractivity contribution in [2.75, 3.05) is 30.1 Å². The summed E-state index contributed by atoms with van der Waals surface area (Å²) in [6.07, 6.45) is 5.25. The minimum absolute atomic E-state index is 0.164. The fraction of sp³-hybridized carbons (Fsp3) is 0.333. The molecular formula is C18H19N3O3. The Bertz CT molecular complexity index is 757. The number of nitrogens with zero attached hydrogens (tertiary/aromatic N) is 2. The maximum absolute atomic E-state index is 12.7. The maximum Gasteiger partial charge on any atom is 0.259 e. The fourth-order valence-electron chi connectivity index (χ4n) is 3.10. The highest BCUT2D eigenvalue weighted by molar-refractivity contribution is 6.07. The van der Waals surface area contributed by atoms with Gasteiger partial charge in [-0.15, -0.1) is 0 Å². The van der Waals surface area contributed by atoms with Crippen molar-refractivity contribution in [3.63, 3.8) is 0 Å². The SMILES string of the molecule is O=C(Nc1ccc2c(c1)OCO2)c1cccnc1N1CCCCC1. The molecule has 0 saturated carbocycles. The number of nitrogens with one attached hydrogen (secondary N) is 1. The highest BCUT2D eigenvalue weighted by Crippen LogP contribution is 2.34.